The van der Waals surface area contributed by atoms with Gasteiger partial charge in [0.25, 0.3) is 0 Å². The van der Waals surface area contributed by atoms with Crippen molar-refractivity contribution in [2.24, 2.45) is 0 Å². The minimum absolute atomic E-state index is 0.217. The highest BCUT2D eigenvalue weighted by atomic mass is 35.5. The summed E-state index contributed by atoms with van der Waals surface area (Å²) in [6.45, 7) is 3.20. The lowest BCUT2D eigenvalue weighted by molar-refractivity contribution is -0.131. The van der Waals surface area contributed by atoms with Crippen LogP contribution >= 0.6 is 23.4 Å². The number of benzene rings is 2. The van der Waals surface area contributed by atoms with Gasteiger partial charge in [-0.05, 0) is 24.3 Å². The summed E-state index contributed by atoms with van der Waals surface area (Å²) in [5, 5.41) is 0.747. The zero-order valence-corrected chi connectivity index (χ0v) is 16.4. The first-order chi connectivity index (χ1) is 12.7. The van der Waals surface area contributed by atoms with Gasteiger partial charge < -0.3 is 14.5 Å². The van der Waals surface area contributed by atoms with Crippen LogP contribution in [0.25, 0.3) is 0 Å². The Morgan fingerprint density at radius 1 is 1.12 bits per heavy atom. The fourth-order valence-electron chi connectivity index (χ4n) is 2.99. The van der Waals surface area contributed by atoms with Gasteiger partial charge in [-0.15, -0.1) is 11.8 Å². The molecule has 0 aromatic heterocycles. The third-order valence-electron chi connectivity index (χ3n) is 4.46. The molecule has 1 aliphatic heterocycles. The van der Waals surface area contributed by atoms with Gasteiger partial charge in [-0.2, -0.15) is 0 Å². The summed E-state index contributed by atoms with van der Waals surface area (Å²) >= 11 is 7.79. The number of amides is 1. The first kappa shape index (κ1) is 18.9. The Morgan fingerprint density at radius 2 is 1.88 bits per heavy atom. The van der Waals surface area contributed by atoms with Gasteiger partial charge in [0, 0.05) is 55.0 Å². The monoisotopic (exact) mass is 390 g/mol. The third kappa shape index (κ3) is 4.86. The molecule has 2 aromatic carbocycles. The van der Waals surface area contributed by atoms with Crippen LogP contribution in [0.4, 0.5) is 5.69 Å². The molecule has 1 aliphatic rings. The van der Waals surface area contributed by atoms with Gasteiger partial charge in [0.1, 0.15) is 5.75 Å². The maximum atomic E-state index is 12.5. The number of hydrogen-bond acceptors (Lipinski definition) is 4. The maximum absolute atomic E-state index is 12.5. The molecule has 0 bridgehead atoms. The van der Waals surface area contributed by atoms with Crippen molar-refractivity contribution >= 4 is 35.0 Å². The molecule has 0 unspecified atom stereocenters. The van der Waals surface area contributed by atoms with Gasteiger partial charge in [0.05, 0.1) is 12.1 Å². The standard InChI is InChI=1S/C20H23ClN2O2S/c1-25-17-6-4-5-16(15-17)22-10-12-23(13-11-22)20(24)9-14-26-19-8-3-2-7-18(19)21/h2-8,15H,9-14H2,1H3. The number of carbonyl (C=O) groups is 1. The lowest BCUT2D eigenvalue weighted by Crippen LogP contribution is -2.48. The van der Waals surface area contributed by atoms with Gasteiger partial charge in [0.15, 0.2) is 0 Å². The molecule has 1 fully saturated rings. The summed E-state index contributed by atoms with van der Waals surface area (Å²) in [5.74, 6) is 1.83. The smallest absolute Gasteiger partial charge is 0.223 e. The number of ether oxygens (including phenoxy) is 1. The van der Waals surface area contributed by atoms with E-state index in [2.05, 4.69) is 11.0 Å². The Balaban J connectivity index is 1.45. The number of carbonyl (C=O) groups excluding carboxylic acids is 1. The van der Waals surface area contributed by atoms with Crippen molar-refractivity contribution in [3.05, 3.63) is 53.6 Å². The van der Waals surface area contributed by atoms with E-state index in [1.807, 2.05) is 47.4 Å². The van der Waals surface area contributed by atoms with Gasteiger partial charge >= 0.3 is 0 Å². The lowest BCUT2D eigenvalue weighted by atomic mass is 10.2. The van der Waals surface area contributed by atoms with E-state index in [0.717, 1.165) is 53.3 Å². The SMILES string of the molecule is COc1cccc(N2CCN(C(=O)CCSc3ccccc3Cl)CC2)c1. The van der Waals surface area contributed by atoms with E-state index in [9.17, 15) is 4.79 Å². The van der Waals surface area contributed by atoms with Crippen LogP contribution < -0.4 is 9.64 Å². The van der Waals surface area contributed by atoms with Gasteiger partial charge in [-0.1, -0.05) is 29.8 Å². The number of piperazine rings is 1. The predicted molar refractivity (Wildman–Crippen MR) is 109 cm³/mol. The van der Waals surface area contributed by atoms with E-state index < -0.39 is 0 Å². The summed E-state index contributed by atoms with van der Waals surface area (Å²) in [7, 11) is 1.68. The minimum atomic E-state index is 0.217. The van der Waals surface area contributed by atoms with E-state index in [4.69, 9.17) is 16.3 Å². The van der Waals surface area contributed by atoms with Gasteiger partial charge in [-0.3, -0.25) is 4.79 Å². The number of halogens is 1. The topological polar surface area (TPSA) is 32.8 Å². The Hall–Kier alpha value is -1.85. The number of methoxy groups -OCH3 is 1. The molecule has 138 valence electrons. The zero-order valence-electron chi connectivity index (χ0n) is 14.9. The first-order valence-electron chi connectivity index (χ1n) is 8.71. The van der Waals surface area contributed by atoms with Gasteiger partial charge in [0.2, 0.25) is 5.91 Å². The predicted octanol–water partition coefficient (Wildman–Crippen LogP) is 4.18. The Kier molecular flexibility index (Phi) is 6.69. The molecule has 2 aromatic rings. The van der Waals surface area contributed by atoms with Crippen LogP contribution in [0.5, 0.6) is 5.75 Å². The number of nitrogens with zero attached hydrogens (tertiary/aromatic N) is 2. The molecule has 6 heteroatoms. The summed E-state index contributed by atoms with van der Waals surface area (Å²) in [4.78, 5) is 17.7. The van der Waals surface area contributed by atoms with E-state index >= 15 is 0 Å². The molecule has 0 spiro atoms. The summed E-state index contributed by atoms with van der Waals surface area (Å²) in [6.07, 6.45) is 0.537. The second-order valence-corrected chi connectivity index (χ2v) is 7.64. The van der Waals surface area contributed by atoms with E-state index in [0.29, 0.717) is 6.42 Å². The Labute approximate surface area is 164 Å². The molecule has 4 nitrogen and oxygen atoms in total. The lowest BCUT2D eigenvalue weighted by Gasteiger charge is -2.36. The molecular weight excluding hydrogens is 368 g/mol. The highest BCUT2D eigenvalue weighted by molar-refractivity contribution is 7.99. The summed E-state index contributed by atoms with van der Waals surface area (Å²) in [5.41, 5.74) is 1.14. The second-order valence-electron chi connectivity index (χ2n) is 6.10. The van der Waals surface area contributed by atoms with E-state index in [1.165, 1.54) is 0 Å². The van der Waals surface area contributed by atoms with E-state index in [1.54, 1.807) is 18.9 Å². The van der Waals surface area contributed by atoms with Crippen molar-refractivity contribution in [2.45, 2.75) is 11.3 Å². The molecule has 1 heterocycles. The summed E-state index contributed by atoms with van der Waals surface area (Å²) < 4.78 is 5.29. The molecular formula is C20H23ClN2O2S. The van der Waals surface area contributed by atoms with Crippen molar-refractivity contribution in [1.82, 2.24) is 4.90 Å². The van der Waals surface area contributed by atoms with Crippen molar-refractivity contribution in [3.63, 3.8) is 0 Å². The zero-order chi connectivity index (χ0) is 18.4. The third-order valence-corrected chi connectivity index (χ3v) is 5.98. The second kappa shape index (κ2) is 9.19. The average Bonchev–Trinajstić information content (AvgIpc) is 2.69. The number of thioether (sulfide) groups is 1. The van der Waals surface area contributed by atoms with Crippen LogP contribution in [0.1, 0.15) is 6.42 Å². The van der Waals surface area contributed by atoms with Crippen LogP contribution in [-0.4, -0.2) is 49.8 Å². The largest absolute Gasteiger partial charge is 0.497 e. The normalized spacial score (nSPS) is 14.4. The quantitative estimate of drug-likeness (QED) is 0.693. The van der Waals surface area contributed by atoms with E-state index in [-0.39, 0.29) is 5.91 Å². The molecule has 3 rings (SSSR count). The number of anilines is 1. The molecule has 0 aliphatic carbocycles. The first-order valence-corrected chi connectivity index (χ1v) is 10.1. The Bertz CT molecular complexity index is 748. The molecule has 0 atom stereocenters. The van der Waals surface area contributed by atoms with Crippen molar-refractivity contribution < 1.29 is 9.53 Å². The van der Waals surface area contributed by atoms with Crippen LogP contribution in [-0.2, 0) is 4.79 Å². The number of hydrogen-bond donors (Lipinski definition) is 0. The average molecular weight is 391 g/mol. The molecule has 1 amide bonds. The fourth-order valence-corrected chi connectivity index (χ4v) is 4.17. The highest BCUT2D eigenvalue weighted by Gasteiger charge is 2.21. The molecule has 0 radical (unpaired) electrons. The number of rotatable bonds is 6. The van der Waals surface area contributed by atoms with Crippen LogP contribution in [0.2, 0.25) is 5.02 Å². The fraction of sp³-hybridized carbons (Fsp3) is 0.350. The molecule has 1 saturated heterocycles. The van der Waals surface area contributed by atoms with Crippen LogP contribution in [0, 0.1) is 0 Å². The summed E-state index contributed by atoms with van der Waals surface area (Å²) in [6, 6.07) is 15.8. The maximum Gasteiger partial charge on any atom is 0.223 e. The van der Waals surface area contributed by atoms with Gasteiger partial charge in [-0.25, -0.2) is 0 Å². The highest BCUT2D eigenvalue weighted by Crippen LogP contribution is 2.27. The van der Waals surface area contributed by atoms with Crippen molar-refractivity contribution in [1.29, 1.82) is 0 Å². The molecule has 0 saturated carbocycles. The van der Waals surface area contributed by atoms with Crippen molar-refractivity contribution in [2.75, 3.05) is 43.9 Å². The molecule has 26 heavy (non-hydrogen) atoms. The van der Waals surface area contributed by atoms with Crippen molar-refractivity contribution in [3.8, 4) is 5.75 Å². The van der Waals surface area contributed by atoms with Crippen LogP contribution in [0.3, 0.4) is 0 Å². The molecule has 0 N–H and O–H groups in total. The minimum Gasteiger partial charge on any atom is -0.497 e. The Morgan fingerprint density at radius 3 is 2.62 bits per heavy atom. The van der Waals surface area contributed by atoms with Crippen LogP contribution in [0.15, 0.2) is 53.4 Å².